The second-order valence-electron chi connectivity index (χ2n) is 6.73. The fraction of sp³-hybridized carbons (Fsp3) is 0.261. The average molecular weight is 442 g/mol. The predicted octanol–water partition coefficient (Wildman–Crippen LogP) is 3.27. The number of hydrogen-bond donors (Lipinski definition) is 1. The molecular weight excluding hydrogens is 417 g/mol. The van der Waals surface area contributed by atoms with Crippen LogP contribution in [0.5, 0.6) is 0 Å². The van der Waals surface area contributed by atoms with E-state index in [0.717, 1.165) is 28.0 Å². The van der Waals surface area contributed by atoms with Crippen molar-refractivity contribution < 1.29 is 9.18 Å². The van der Waals surface area contributed by atoms with Crippen LogP contribution in [0.4, 0.5) is 4.39 Å². The van der Waals surface area contributed by atoms with E-state index in [0.29, 0.717) is 25.5 Å². The first-order chi connectivity index (χ1) is 15.0. The van der Waals surface area contributed by atoms with Gasteiger partial charge < -0.3 is 14.5 Å². The number of allylic oxidation sites excluding steroid dienone is 2. The summed E-state index contributed by atoms with van der Waals surface area (Å²) in [5, 5.41) is 10.5. The molecular formula is C23H25ClFN5O. The lowest BCUT2D eigenvalue weighted by molar-refractivity contribution is 0.0707. The zero-order chi connectivity index (χ0) is 22.5. The van der Waals surface area contributed by atoms with Crippen molar-refractivity contribution in [3.8, 4) is 0 Å². The van der Waals surface area contributed by atoms with Crippen molar-refractivity contribution in [1.82, 2.24) is 24.6 Å². The third-order valence-corrected chi connectivity index (χ3v) is 5.19. The molecule has 1 aromatic carbocycles. The van der Waals surface area contributed by atoms with Crippen LogP contribution in [-0.2, 0) is 13.1 Å². The summed E-state index contributed by atoms with van der Waals surface area (Å²) in [6.07, 6.45) is 5.74. The van der Waals surface area contributed by atoms with Gasteiger partial charge in [0, 0.05) is 24.9 Å². The number of rotatable bonds is 3. The number of benzene rings is 1. The number of carbonyl (C=O) groups is 1. The number of aromatic nitrogens is 4. The van der Waals surface area contributed by atoms with Gasteiger partial charge in [-0.1, -0.05) is 44.2 Å². The Balaban J connectivity index is 0.00000132. The van der Waals surface area contributed by atoms with Crippen LogP contribution in [-0.4, -0.2) is 37.1 Å². The summed E-state index contributed by atoms with van der Waals surface area (Å²) in [5.41, 5.74) is 1.16. The van der Waals surface area contributed by atoms with E-state index in [4.69, 9.17) is 11.6 Å². The Bertz CT molecular complexity index is 1230. The van der Waals surface area contributed by atoms with Gasteiger partial charge in [0.25, 0.3) is 5.91 Å². The molecule has 0 spiro atoms. The van der Waals surface area contributed by atoms with E-state index in [1.165, 1.54) is 12.1 Å². The summed E-state index contributed by atoms with van der Waals surface area (Å²) in [5.74, 6) is 0.665. The molecule has 0 atom stereocenters. The number of nitrogens with one attached hydrogen (secondary N) is 1. The molecule has 0 radical (unpaired) electrons. The van der Waals surface area contributed by atoms with Gasteiger partial charge in [0.15, 0.2) is 11.6 Å². The minimum absolute atomic E-state index is 0.0983. The first kappa shape index (κ1) is 22.5. The van der Waals surface area contributed by atoms with Gasteiger partial charge in [-0.25, -0.2) is 4.39 Å². The summed E-state index contributed by atoms with van der Waals surface area (Å²) in [4.78, 5) is 17.7. The number of nitrogens with zero attached hydrogens (tertiary/aromatic N) is 4. The second kappa shape index (κ2) is 9.75. The van der Waals surface area contributed by atoms with Crippen LogP contribution >= 0.6 is 11.6 Å². The molecule has 0 fully saturated rings. The Hall–Kier alpha value is -3.19. The van der Waals surface area contributed by atoms with Crippen LogP contribution in [0.25, 0.3) is 12.2 Å². The third-order valence-electron chi connectivity index (χ3n) is 4.88. The largest absolute Gasteiger partial charge is 0.361 e. The highest BCUT2D eigenvalue weighted by Crippen LogP contribution is 2.23. The molecule has 2 aromatic heterocycles. The molecule has 0 bridgehead atoms. The standard InChI is InChI=1S/C21H19ClFN5O.C2H6/c1-3-4-16(19-13(2)7-8-24-19)20-26-25-18-12-27(9-10-28(18)20)21(29)15-6-5-14(23)11-17(15)22;1-2/h3-8,11,24H,2,9-10,12H2,1H3;1-2H3/b4-3-,19-16-;. The monoisotopic (exact) mass is 441 g/mol. The fourth-order valence-electron chi connectivity index (χ4n) is 3.45. The van der Waals surface area contributed by atoms with Crippen molar-refractivity contribution in [3.05, 3.63) is 81.2 Å². The van der Waals surface area contributed by atoms with Crippen molar-refractivity contribution in [2.45, 2.75) is 33.9 Å². The van der Waals surface area contributed by atoms with Crippen LogP contribution in [0, 0.1) is 5.82 Å². The van der Waals surface area contributed by atoms with E-state index in [9.17, 15) is 9.18 Å². The molecule has 3 heterocycles. The van der Waals surface area contributed by atoms with E-state index in [-0.39, 0.29) is 16.5 Å². The van der Waals surface area contributed by atoms with Gasteiger partial charge in [0.1, 0.15) is 5.82 Å². The smallest absolute Gasteiger partial charge is 0.255 e. The summed E-state index contributed by atoms with van der Waals surface area (Å²) in [6, 6.07) is 5.68. The van der Waals surface area contributed by atoms with E-state index in [1.54, 1.807) is 4.90 Å². The number of halogens is 2. The van der Waals surface area contributed by atoms with E-state index in [1.807, 2.05) is 49.8 Å². The number of hydrogen-bond acceptors (Lipinski definition) is 3. The van der Waals surface area contributed by atoms with Gasteiger partial charge in [-0.2, -0.15) is 0 Å². The van der Waals surface area contributed by atoms with E-state index < -0.39 is 5.82 Å². The van der Waals surface area contributed by atoms with Crippen LogP contribution in [0.3, 0.4) is 0 Å². The van der Waals surface area contributed by atoms with Gasteiger partial charge in [0.05, 0.1) is 22.5 Å². The quantitative estimate of drug-likeness (QED) is 0.678. The lowest BCUT2D eigenvalue weighted by atomic mass is 10.1. The Kier molecular flexibility index (Phi) is 7.07. The molecule has 3 aromatic rings. The maximum atomic E-state index is 13.3. The fourth-order valence-corrected chi connectivity index (χ4v) is 3.70. The second-order valence-corrected chi connectivity index (χ2v) is 7.14. The first-order valence-electron chi connectivity index (χ1n) is 10.2. The molecule has 162 valence electrons. The molecule has 1 amide bonds. The summed E-state index contributed by atoms with van der Waals surface area (Å²) < 4.78 is 15.3. The molecule has 6 nitrogen and oxygen atoms in total. The SMILES string of the molecule is C=c1cc[nH]/c1=C(/C=C\C)c1nnc2n1CCN(C(=O)c1ccc(F)cc1Cl)C2.CC. The molecule has 0 aliphatic carbocycles. The number of fused-ring (bicyclic) bond motifs is 1. The van der Waals surface area contributed by atoms with Crippen molar-refractivity contribution in [3.63, 3.8) is 0 Å². The zero-order valence-electron chi connectivity index (χ0n) is 17.8. The Morgan fingerprint density at radius 3 is 2.68 bits per heavy atom. The molecule has 31 heavy (non-hydrogen) atoms. The Morgan fingerprint density at radius 2 is 2.03 bits per heavy atom. The highest BCUT2D eigenvalue weighted by molar-refractivity contribution is 6.33. The zero-order valence-corrected chi connectivity index (χ0v) is 18.6. The van der Waals surface area contributed by atoms with Crippen LogP contribution in [0.1, 0.15) is 42.8 Å². The highest BCUT2D eigenvalue weighted by atomic mass is 35.5. The summed E-state index contributed by atoms with van der Waals surface area (Å²) in [7, 11) is 0. The maximum absolute atomic E-state index is 13.3. The van der Waals surface area contributed by atoms with Crippen LogP contribution in [0.2, 0.25) is 5.02 Å². The molecule has 1 N–H and O–H groups in total. The average Bonchev–Trinajstić information content (AvgIpc) is 3.39. The van der Waals surface area contributed by atoms with Crippen molar-refractivity contribution >= 4 is 29.7 Å². The van der Waals surface area contributed by atoms with Crippen LogP contribution < -0.4 is 10.6 Å². The normalized spacial score (nSPS) is 14.2. The molecule has 0 saturated carbocycles. The molecule has 0 unspecified atom stereocenters. The van der Waals surface area contributed by atoms with Crippen molar-refractivity contribution in [1.29, 1.82) is 0 Å². The van der Waals surface area contributed by atoms with Gasteiger partial charge in [-0.3, -0.25) is 4.79 Å². The summed E-state index contributed by atoms with van der Waals surface area (Å²) in [6.45, 7) is 11.3. The lowest BCUT2D eigenvalue weighted by Gasteiger charge is -2.28. The molecule has 8 heteroatoms. The third kappa shape index (κ3) is 4.46. The first-order valence-corrected chi connectivity index (χ1v) is 10.5. The van der Waals surface area contributed by atoms with Crippen molar-refractivity contribution in [2.75, 3.05) is 6.54 Å². The van der Waals surface area contributed by atoms with Gasteiger partial charge in [0.2, 0.25) is 0 Å². The van der Waals surface area contributed by atoms with Gasteiger partial charge in [-0.15, -0.1) is 10.2 Å². The number of amides is 1. The molecule has 0 saturated heterocycles. The Morgan fingerprint density at radius 1 is 1.26 bits per heavy atom. The van der Waals surface area contributed by atoms with Crippen LogP contribution in [0.15, 0.2) is 42.6 Å². The van der Waals surface area contributed by atoms with E-state index >= 15 is 0 Å². The molecule has 1 aliphatic rings. The minimum Gasteiger partial charge on any atom is -0.361 e. The highest BCUT2D eigenvalue weighted by Gasteiger charge is 2.27. The topological polar surface area (TPSA) is 66.8 Å². The number of carbonyl (C=O) groups excluding carboxylic acids is 1. The van der Waals surface area contributed by atoms with E-state index in [2.05, 4.69) is 21.8 Å². The summed E-state index contributed by atoms with van der Waals surface area (Å²) >= 11 is 6.06. The van der Waals surface area contributed by atoms with Gasteiger partial charge in [-0.05, 0) is 36.4 Å². The molecule has 1 aliphatic heterocycles. The molecule has 4 rings (SSSR count). The van der Waals surface area contributed by atoms with Gasteiger partial charge >= 0.3 is 0 Å². The lowest BCUT2D eigenvalue weighted by Crippen LogP contribution is -2.39. The minimum atomic E-state index is -0.476. The predicted molar refractivity (Wildman–Crippen MR) is 120 cm³/mol. The Labute approximate surface area is 185 Å². The maximum Gasteiger partial charge on any atom is 0.255 e. The van der Waals surface area contributed by atoms with Crippen molar-refractivity contribution in [2.24, 2.45) is 0 Å². The number of H-pyrrole nitrogens is 1. The number of aromatic amines is 1.